The van der Waals surface area contributed by atoms with E-state index >= 15 is 0 Å². The molecule has 1 aliphatic rings. The summed E-state index contributed by atoms with van der Waals surface area (Å²) in [6.07, 6.45) is 1.50. The van der Waals surface area contributed by atoms with Crippen LogP contribution in [0.1, 0.15) is 18.4 Å². The van der Waals surface area contributed by atoms with Crippen molar-refractivity contribution in [3.63, 3.8) is 0 Å². The van der Waals surface area contributed by atoms with Gasteiger partial charge in [0.1, 0.15) is 5.82 Å². The van der Waals surface area contributed by atoms with Crippen LogP contribution in [0.4, 0.5) is 10.3 Å². The number of benzene rings is 1. The van der Waals surface area contributed by atoms with Gasteiger partial charge in [-0.1, -0.05) is 17.7 Å². The smallest absolute Gasteiger partial charge is 0.332 e. The van der Waals surface area contributed by atoms with Crippen LogP contribution in [0.2, 0.25) is 5.02 Å². The number of piperidine rings is 1. The van der Waals surface area contributed by atoms with Gasteiger partial charge in [-0.05, 0) is 25.0 Å². The molecule has 2 aromatic heterocycles. The van der Waals surface area contributed by atoms with Gasteiger partial charge in [0.15, 0.2) is 11.2 Å². The topological polar surface area (TPSA) is 85.4 Å². The zero-order valence-electron chi connectivity index (χ0n) is 19.0. The SMILES string of the molecule is CN(C)C(=O)C1CCCN(c2nc3c(c(=O)n(C)c(=O)n3C)n2Cc2c(F)cccc2Cl)C1. The molecule has 3 heterocycles. The maximum absolute atomic E-state index is 14.7. The van der Waals surface area contributed by atoms with Gasteiger partial charge in [0.25, 0.3) is 5.56 Å². The summed E-state index contributed by atoms with van der Waals surface area (Å²) in [6, 6.07) is 4.40. The minimum absolute atomic E-state index is 0.0165. The van der Waals surface area contributed by atoms with Crippen LogP contribution < -0.4 is 16.1 Å². The lowest BCUT2D eigenvalue weighted by molar-refractivity contribution is -0.133. The molecule has 0 N–H and O–H groups in total. The Labute approximate surface area is 194 Å². The number of halogens is 2. The molecule has 0 bridgehead atoms. The predicted octanol–water partition coefficient (Wildman–Crippen LogP) is 1.58. The molecule has 1 aromatic carbocycles. The summed E-state index contributed by atoms with van der Waals surface area (Å²) in [4.78, 5) is 46.4. The zero-order valence-corrected chi connectivity index (χ0v) is 19.8. The molecule has 0 aliphatic carbocycles. The van der Waals surface area contributed by atoms with Gasteiger partial charge in [0.05, 0.1) is 12.5 Å². The quantitative estimate of drug-likeness (QED) is 0.570. The van der Waals surface area contributed by atoms with E-state index in [0.29, 0.717) is 19.0 Å². The number of aryl methyl sites for hydroxylation is 1. The highest BCUT2D eigenvalue weighted by molar-refractivity contribution is 6.31. The maximum Gasteiger partial charge on any atom is 0.332 e. The van der Waals surface area contributed by atoms with Crippen molar-refractivity contribution in [3.8, 4) is 0 Å². The van der Waals surface area contributed by atoms with Crippen molar-refractivity contribution in [2.24, 2.45) is 20.0 Å². The lowest BCUT2D eigenvalue weighted by Gasteiger charge is -2.34. The van der Waals surface area contributed by atoms with Crippen molar-refractivity contribution in [1.82, 2.24) is 23.6 Å². The van der Waals surface area contributed by atoms with Crippen molar-refractivity contribution < 1.29 is 9.18 Å². The van der Waals surface area contributed by atoms with Crippen LogP contribution in [0.3, 0.4) is 0 Å². The number of hydrogen-bond acceptors (Lipinski definition) is 5. The molecule has 4 rings (SSSR count). The molecule has 0 spiro atoms. The van der Waals surface area contributed by atoms with Crippen LogP contribution in [-0.2, 0) is 25.4 Å². The number of fused-ring (bicyclic) bond motifs is 1. The molecule has 1 fully saturated rings. The highest BCUT2D eigenvalue weighted by Crippen LogP contribution is 2.29. The van der Waals surface area contributed by atoms with E-state index in [4.69, 9.17) is 11.6 Å². The Hall–Kier alpha value is -3.14. The lowest BCUT2D eigenvalue weighted by Crippen LogP contribution is -2.43. The zero-order chi connectivity index (χ0) is 24.0. The molecule has 1 atom stereocenters. The molecule has 1 aliphatic heterocycles. The molecular weight excluding hydrogens is 451 g/mol. The first kappa shape index (κ1) is 23.0. The van der Waals surface area contributed by atoms with Crippen molar-refractivity contribution in [3.05, 3.63) is 55.4 Å². The van der Waals surface area contributed by atoms with Gasteiger partial charge in [-0.15, -0.1) is 0 Å². The van der Waals surface area contributed by atoms with Gasteiger partial charge in [0.2, 0.25) is 11.9 Å². The Bertz CT molecular complexity index is 1340. The highest BCUT2D eigenvalue weighted by Gasteiger charge is 2.31. The fourth-order valence-electron chi connectivity index (χ4n) is 4.39. The number of nitrogens with zero attached hydrogens (tertiary/aromatic N) is 6. The molecular formula is C22H26ClFN6O3. The molecule has 9 nitrogen and oxygen atoms in total. The number of rotatable bonds is 4. The Kier molecular flexibility index (Phi) is 6.04. The second-order valence-electron chi connectivity index (χ2n) is 8.59. The van der Waals surface area contributed by atoms with Crippen LogP contribution in [0.5, 0.6) is 0 Å². The van der Waals surface area contributed by atoms with Crippen LogP contribution in [-0.4, -0.2) is 56.7 Å². The van der Waals surface area contributed by atoms with Gasteiger partial charge in [-0.25, -0.2) is 9.18 Å². The number of imidazole rings is 1. The van der Waals surface area contributed by atoms with Crippen LogP contribution in [0.25, 0.3) is 11.2 Å². The van der Waals surface area contributed by atoms with E-state index in [2.05, 4.69) is 4.98 Å². The number of carbonyl (C=O) groups is 1. The molecule has 0 radical (unpaired) electrons. The third-order valence-electron chi connectivity index (χ3n) is 6.20. The molecule has 1 amide bonds. The minimum atomic E-state index is -0.530. The number of hydrogen-bond donors (Lipinski definition) is 0. The van der Waals surface area contributed by atoms with Crippen molar-refractivity contribution >= 4 is 34.6 Å². The van der Waals surface area contributed by atoms with Gasteiger partial charge in [0, 0.05) is 51.9 Å². The number of aromatic nitrogens is 4. The highest BCUT2D eigenvalue weighted by atomic mass is 35.5. The average molecular weight is 477 g/mol. The standard InChI is InChI=1S/C22H26ClFN6O3/c1-26(2)19(31)13-7-6-10-29(11-13)21-25-18-17(20(32)28(4)22(33)27(18)3)30(21)12-14-15(23)8-5-9-16(14)24/h5,8-9,13H,6-7,10-12H2,1-4H3. The lowest BCUT2D eigenvalue weighted by atomic mass is 9.97. The second kappa shape index (κ2) is 8.66. The molecule has 33 heavy (non-hydrogen) atoms. The van der Waals surface area contributed by atoms with Gasteiger partial charge in [-0.3, -0.25) is 23.3 Å². The first-order valence-electron chi connectivity index (χ1n) is 10.7. The van der Waals surface area contributed by atoms with E-state index in [1.165, 1.54) is 30.8 Å². The fraction of sp³-hybridized carbons (Fsp3) is 0.455. The van der Waals surface area contributed by atoms with E-state index in [0.717, 1.165) is 17.4 Å². The van der Waals surface area contributed by atoms with Crippen molar-refractivity contribution in [1.29, 1.82) is 0 Å². The molecule has 0 saturated carbocycles. The summed E-state index contributed by atoms with van der Waals surface area (Å²) in [5, 5.41) is 0.226. The summed E-state index contributed by atoms with van der Waals surface area (Å²) >= 11 is 6.29. The van der Waals surface area contributed by atoms with Gasteiger partial charge >= 0.3 is 5.69 Å². The van der Waals surface area contributed by atoms with Gasteiger partial charge in [-0.2, -0.15) is 4.98 Å². The Morgan fingerprint density at radius 3 is 2.64 bits per heavy atom. The number of anilines is 1. The second-order valence-corrected chi connectivity index (χ2v) is 9.00. The maximum atomic E-state index is 14.7. The summed E-state index contributed by atoms with van der Waals surface area (Å²) in [6.45, 7) is 0.965. The van der Waals surface area contributed by atoms with Crippen molar-refractivity contribution in [2.45, 2.75) is 19.4 Å². The third kappa shape index (κ3) is 3.92. The summed E-state index contributed by atoms with van der Waals surface area (Å²) in [5.74, 6) is -0.316. The van der Waals surface area contributed by atoms with Crippen molar-refractivity contribution in [2.75, 3.05) is 32.1 Å². The molecule has 1 unspecified atom stereocenters. The summed E-state index contributed by atoms with van der Waals surface area (Å²) in [7, 11) is 6.37. The summed E-state index contributed by atoms with van der Waals surface area (Å²) in [5.41, 5.74) is -0.445. The van der Waals surface area contributed by atoms with E-state index in [-0.39, 0.29) is 40.1 Å². The van der Waals surface area contributed by atoms with Gasteiger partial charge < -0.3 is 9.80 Å². The van der Waals surface area contributed by atoms with E-state index < -0.39 is 17.1 Å². The Balaban J connectivity index is 1.92. The first-order chi connectivity index (χ1) is 15.6. The normalized spacial score (nSPS) is 16.4. The number of amides is 1. The van der Waals surface area contributed by atoms with E-state index in [1.54, 1.807) is 29.6 Å². The average Bonchev–Trinajstić information content (AvgIpc) is 3.17. The third-order valence-corrected chi connectivity index (χ3v) is 6.55. The van der Waals surface area contributed by atoms with Crippen LogP contribution in [0.15, 0.2) is 27.8 Å². The monoisotopic (exact) mass is 476 g/mol. The first-order valence-corrected chi connectivity index (χ1v) is 11.0. The molecule has 11 heteroatoms. The molecule has 1 saturated heterocycles. The summed E-state index contributed by atoms with van der Waals surface area (Å²) < 4.78 is 18.6. The number of carbonyl (C=O) groups excluding carboxylic acids is 1. The minimum Gasteiger partial charge on any atom is -0.349 e. The van der Waals surface area contributed by atoms with Crippen LogP contribution in [0, 0.1) is 11.7 Å². The molecule has 3 aromatic rings. The van der Waals surface area contributed by atoms with Crippen LogP contribution >= 0.6 is 11.6 Å². The van der Waals surface area contributed by atoms with E-state index in [1.807, 2.05) is 4.90 Å². The fourth-order valence-corrected chi connectivity index (χ4v) is 4.62. The molecule has 176 valence electrons. The van der Waals surface area contributed by atoms with E-state index in [9.17, 15) is 18.8 Å². The largest absolute Gasteiger partial charge is 0.349 e. The predicted molar refractivity (Wildman–Crippen MR) is 124 cm³/mol. The Morgan fingerprint density at radius 2 is 1.97 bits per heavy atom. The Morgan fingerprint density at radius 1 is 1.24 bits per heavy atom.